The molecule has 1 unspecified atom stereocenters. The summed E-state index contributed by atoms with van der Waals surface area (Å²) < 4.78 is 5.12. The van der Waals surface area contributed by atoms with E-state index in [1.807, 2.05) is 0 Å². The van der Waals surface area contributed by atoms with Crippen molar-refractivity contribution in [2.75, 3.05) is 0 Å². The maximum Gasteiger partial charge on any atom is 0.322 e. The van der Waals surface area contributed by atoms with E-state index in [0.29, 0.717) is 6.21 Å². The lowest BCUT2D eigenvalue weighted by atomic mass is 9.73. The molecule has 0 aromatic heterocycles. The summed E-state index contributed by atoms with van der Waals surface area (Å²) in [7, 11) is 1.44. The molecule has 0 aromatic carbocycles. The zero-order valence-corrected chi connectivity index (χ0v) is 13.8. The van der Waals surface area contributed by atoms with Crippen molar-refractivity contribution in [1.29, 1.82) is 5.41 Å². The van der Waals surface area contributed by atoms with Gasteiger partial charge in [0.1, 0.15) is 19.4 Å². The average Bonchev–Trinajstić information content (AvgIpc) is 2.42. The normalized spacial score (nSPS) is 15.0. The molecule has 0 saturated carbocycles. The third-order valence-corrected chi connectivity index (χ3v) is 3.12. The molecule has 0 aromatic rings. The van der Waals surface area contributed by atoms with E-state index < -0.39 is 29.2 Å². The Morgan fingerprint density at radius 2 is 1.86 bits per heavy atom. The minimum absolute atomic E-state index is 0.0106. The summed E-state index contributed by atoms with van der Waals surface area (Å²) in [5, 5.41) is 19.1. The Morgan fingerprint density at radius 1 is 1.32 bits per heavy atom. The molecule has 0 aliphatic heterocycles. The van der Waals surface area contributed by atoms with E-state index in [1.165, 1.54) is 7.85 Å². The molecule has 7 nitrogen and oxygen atoms in total. The van der Waals surface area contributed by atoms with Gasteiger partial charge >= 0.3 is 5.97 Å². The topological polar surface area (TPSA) is 117 Å². The molecule has 3 N–H and O–H groups in total. The fourth-order valence-electron chi connectivity index (χ4n) is 1.65. The maximum atomic E-state index is 12.2. The summed E-state index contributed by atoms with van der Waals surface area (Å²) in [6, 6.07) is 0. The van der Waals surface area contributed by atoms with Crippen molar-refractivity contribution in [2.24, 2.45) is 5.92 Å². The number of Topliss-reactive ketones (excluding diaryl/α,β-unsaturated/α-hetero) is 1. The molecule has 2 atom stereocenters. The minimum atomic E-state index is -1.43. The first kappa shape index (κ1) is 20.3. The summed E-state index contributed by atoms with van der Waals surface area (Å²) in [5.74, 6) is -2.14. The standard InChI is InChI=1S/C14H25BN2O5/c1-8(2)11(19)12(20)17-14(15,6-5-10(18)7-16)13(21)22-9(3)4/h7-9,11,16,19H,5-6,15H2,1-4H3,(H,17,20)/t11-,14?/m0/s1. The van der Waals surface area contributed by atoms with Crippen LogP contribution in [0.3, 0.4) is 0 Å². The molecular weight excluding hydrogens is 287 g/mol. The largest absolute Gasteiger partial charge is 0.462 e. The molecule has 0 bridgehead atoms. The molecule has 0 heterocycles. The number of ketones is 1. The Balaban J connectivity index is 5.14. The molecule has 22 heavy (non-hydrogen) atoms. The van der Waals surface area contributed by atoms with Crippen LogP contribution in [0.15, 0.2) is 0 Å². The predicted molar refractivity (Wildman–Crippen MR) is 84.5 cm³/mol. The Hall–Kier alpha value is -1.70. The molecule has 0 aliphatic carbocycles. The van der Waals surface area contributed by atoms with Crippen LogP contribution in [-0.4, -0.2) is 54.5 Å². The first-order valence-electron chi connectivity index (χ1n) is 7.28. The molecule has 0 radical (unpaired) electrons. The molecule has 0 rings (SSSR count). The highest BCUT2D eigenvalue weighted by molar-refractivity contribution is 6.30. The fourth-order valence-corrected chi connectivity index (χ4v) is 1.65. The van der Waals surface area contributed by atoms with Crippen molar-refractivity contribution in [3.05, 3.63) is 0 Å². The lowest BCUT2D eigenvalue weighted by molar-refractivity contribution is -0.155. The van der Waals surface area contributed by atoms with Gasteiger partial charge < -0.3 is 20.6 Å². The Bertz CT molecular complexity index is 439. The van der Waals surface area contributed by atoms with E-state index in [-0.39, 0.29) is 24.9 Å². The van der Waals surface area contributed by atoms with Crippen molar-refractivity contribution < 1.29 is 24.2 Å². The first-order chi connectivity index (χ1) is 10.0. The summed E-state index contributed by atoms with van der Waals surface area (Å²) in [4.78, 5) is 35.5. The van der Waals surface area contributed by atoms with E-state index in [9.17, 15) is 19.5 Å². The molecular formula is C14H25BN2O5. The monoisotopic (exact) mass is 312 g/mol. The Morgan fingerprint density at radius 3 is 2.27 bits per heavy atom. The number of hydrogen-bond donors (Lipinski definition) is 3. The van der Waals surface area contributed by atoms with Gasteiger partial charge in [-0.25, -0.2) is 0 Å². The van der Waals surface area contributed by atoms with Crippen LogP contribution in [0, 0.1) is 11.3 Å². The van der Waals surface area contributed by atoms with Crippen LogP contribution in [0.25, 0.3) is 0 Å². The van der Waals surface area contributed by atoms with Crippen LogP contribution in [-0.2, 0) is 19.1 Å². The maximum absolute atomic E-state index is 12.2. The van der Waals surface area contributed by atoms with E-state index in [4.69, 9.17) is 10.1 Å². The molecule has 8 heteroatoms. The van der Waals surface area contributed by atoms with Gasteiger partial charge in [-0.3, -0.25) is 14.4 Å². The zero-order valence-electron chi connectivity index (χ0n) is 13.8. The number of esters is 1. The number of carbonyl (C=O) groups excluding carboxylic acids is 3. The van der Waals surface area contributed by atoms with Gasteiger partial charge in [0.05, 0.1) is 12.3 Å². The van der Waals surface area contributed by atoms with E-state index in [2.05, 4.69) is 5.32 Å². The quantitative estimate of drug-likeness (QED) is 0.299. The predicted octanol–water partition coefficient (Wildman–Crippen LogP) is -0.601. The number of aliphatic hydroxyl groups is 1. The van der Waals surface area contributed by atoms with Crippen LogP contribution in [0.1, 0.15) is 40.5 Å². The van der Waals surface area contributed by atoms with Gasteiger partial charge in [-0.1, -0.05) is 13.8 Å². The minimum Gasteiger partial charge on any atom is -0.462 e. The zero-order chi connectivity index (χ0) is 17.5. The van der Waals surface area contributed by atoms with Gasteiger partial charge in [-0.2, -0.15) is 0 Å². The van der Waals surface area contributed by atoms with Crippen LogP contribution in [0.5, 0.6) is 0 Å². The Labute approximate surface area is 131 Å². The van der Waals surface area contributed by atoms with Gasteiger partial charge in [0, 0.05) is 6.42 Å². The van der Waals surface area contributed by atoms with Gasteiger partial charge in [-0.15, -0.1) is 0 Å². The van der Waals surface area contributed by atoms with Gasteiger partial charge in [0.25, 0.3) is 0 Å². The third kappa shape index (κ3) is 6.38. The number of ether oxygens (including phenoxy) is 1. The molecule has 124 valence electrons. The van der Waals surface area contributed by atoms with Crippen LogP contribution < -0.4 is 5.32 Å². The van der Waals surface area contributed by atoms with Gasteiger partial charge in [0.15, 0.2) is 5.78 Å². The second kappa shape index (κ2) is 8.68. The second-order valence-electron chi connectivity index (χ2n) is 6.07. The van der Waals surface area contributed by atoms with E-state index in [1.54, 1.807) is 27.7 Å². The fraction of sp³-hybridized carbons (Fsp3) is 0.714. The number of rotatable bonds is 9. The number of nitrogens with one attached hydrogen (secondary N) is 2. The van der Waals surface area contributed by atoms with Gasteiger partial charge in [0.2, 0.25) is 5.91 Å². The summed E-state index contributed by atoms with van der Waals surface area (Å²) in [6.07, 6.45) is -1.06. The van der Waals surface area contributed by atoms with Crippen molar-refractivity contribution in [3.63, 3.8) is 0 Å². The van der Waals surface area contributed by atoms with Crippen molar-refractivity contribution in [3.8, 4) is 0 Å². The summed E-state index contributed by atoms with van der Waals surface area (Å²) >= 11 is 0. The van der Waals surface area contributed by atoms with Crippen molar-refractivity contribution in [1.82, 2.24) is 5.32 Å². The molecule has 0 spiro atoms. The highest BCUT2D eigenvalue weighted by Crippen LogP contribution is 2.14. The SMILES string of the molecule is BC(CCC(=O)C=N)(NC(=O)[C@@H](O)C(C)C)C(=O)OC(C)C. The smallest absolute Gasteiger partial charge is 0.322 e. The van der Waals surface area contributed by atoms with Crippen molar-refractivity contribution in [2.45, 2.75) is 58.2 Å². The lowest BCUT2D eigenvalue weighted by Crippen LogP contribution is -2.59. The third-order valence-electron chi connectivity index (χ3n) is 3.12. The summed E-state index contributed by atoms with van der Waals surface area (Å²) in [5.41, 5.74) is -1.43. The molecule has 0 fully saturated rings. The molecule has 0 saturated heterocycles. The highest BCUT2D eigenvalue weighted by atomic mass is 16.5. The van der Waals surface area contributed by atoms with E-state index in [0.717, 1.165) is 0 Å². The Kier molecular flexibility index (Phi) is 8.01. The molecule has 0 aliphatic rings. The highest BCUT2D eigenvalue weighted by Gasteiger charge is 2.38. The van der Waals surface area contributed by atoms with Crippen LogP contribution in [0.4, 0.5) is 0 Å². The average molecular weight is 312 g/mol. The number of hydrogen-bond acceptors (Lipinski definition) is 6. The van der Waals surface area contributed by atoms with Crippen LogP contribution in [0.2, 0.25) is 0 Å². The first-order valence-corrected chi connectivity index (χ1v) is 7.28. The lowest BCUT2D eigenvalue weighted by Gasteiger charge is -2.31. The number of aliphatic hydroxyl groups excluding tert-OH is 1. The number of carbonyl (C=O) groups is 3. The molecule has 1 amide bonds. The van der Waals surface area contributed by atoms with Crippen LogP contribution >= 0.6 is 0 Å². The van der Waals surface area contributed by atoms with Gasteiger partial charge in [-0.05, 0) is 26.2 Å². The number of amides is 1. The van der Waals surface area contributed by atoms with Crippen molar-refractivity contribution >= 4 is 31.7 Å². The van der Waals surface area contributed by atoms with E-state index >= 15 is 0 Å². The second-order valence-corrected chi connectivity index (χ2v) is 6.07. The summed E-state index contributed by atoms with van der Waals surface area (Å²) in [6.45, 7) is 6.69.